The van der Waals surface area contributed by atoms with Gasteiger partial charge in [0.1, 0.15) is 5.65 Å². The Hall–Kier alpha value is -1.55. The Kier molecular flexibility index (Phi) is 2.91. The molecule has 0 unspecified atom stereocenters. The lowest BCUT2D eigenvalue weighted by molar-refractivity contribution is 0.669. The van der Waals surface area contributed by atoms with Crippen LogP contribution < -0.4 is 10.6 Å². The fourth-order valence-electron chi connectivity index (χ4n) is 2.95. The van der Waals surface area contributed by atoms with Crippen LogP contribution in [0.2, 0.25) is 0 Å². The van der Waals surface area contributed by atoms with Gasteiger partial charge in [-0.05, 0) is 49.7 Å². The minimum atomic E-state index is 0.548. The number of hydrogen-bond donors (Lipinski definition) is 1. The number of imidazole rings is 1. The minimum absolute atomic E-state index is 0.548. The van der Waals surface area contributed by atoms with Gasteiger partial charge >= 0.3 is 0 Å². The van der Waals surface area contributed by atoms with Gasteiger partial charge in [-0.3, -0.25) is 0 Å². The van der Waals surface area contributed by atoms with E-state index >= 15 is 0 Å². The topological polar surface area (TPSA) is 46.6 Å². The van der Waals surface area contributed by atoms with Crippen LogP contribution in [-0.2, 0) is 6.54 Å². The van der Waals surface area contributed by atoms with Crippen LogP contribution in [0.3, 0.4) is 0 Å². The van der Waals surface area contributed by atoms with Gasteiger partial charge in [0.2, 0.25) is 0 Å². The maximum absolute atomic E-state index is 6.00. The molecular weight excluding hydrogens is 248 g/mol. The molecule has 0 saturated heterocycles. The lowest BCUT2D eigenvalue weighted by atomic mass is 10.3. The lowest BCUT2D eigenvalue weighted by Crippen LogP contribution is -2.29. The summed E-state index contributed by atoms with van der Waals surface area (Å²) in [5.41, 5.74) is 8.17. The summed E-state index contributed by atoms with van der Waals surface area (Å²) in [6.45, 7) is 2.87. The standard InChI is InChI=1S/C16H22N4/c17-9-14-16(18-15-3-1-2-8-20(14)15)19(10-12-4-5-12)11-13-6-7-13/h1-3,8,12-13H,4-7,9-11,17H2. The molecule has 4 rings (SSSR count). The molecular formula is C16H22N4. The third kappa shape index (κ3) is 2.29. The first kappa shape index (κ1) is 12.2. The molecule has 2 heterocycles. The van der Waals surface area contributed by atoms with Crippen molar-refractivity contribution in [1.29, 1.82) is 0 Å². The van der Waals surface area contributed by atoms with Gasteiger partial charge in [0.15, 0.2) is 5.82 Å². The molecule has 2 fully saturated rings. The number of aromatic nitrogens is 2. The third-order valence-electron chi connectivity index (χ3n) is 4.45. The number of nitrogens with two attached hydrogens (primary N) is 1. The van der Waals surface area contributed by atoms with Crippen molar-refractivity contribution in [3.63, 3.8) is 0 Å². The molecule has 2 aliphatic carbocycles. The molecule has 20 heavy (non-hydrogen) atoms. The van der Waals surface area contributed by atoms with Crippen molar-refractivity contribution in [2.45, 2.75) is 32.2 Å². The van der Waals surface area contributed by atoms with Gasteiger partial charge in [-0.25, -0.2) is 4.98 Å². The van der Waals surface area contributed by atoms with Gasteiger partial charge in [0.25, 0.3) is 0 Å². The maximum atomic E-state index is 6.00. The monoisotopic (exact) mass is 270 g/mol. The summed E-state index contributed by atoms with van der Waals surface area (Å²) in [4.78, 5) is 7.36. The van der Waals surface area contributed by atoms with Gasteiger partial charge in [0, 0.05) is 25.8 Å². The molecule has 4 nitrogen and oxygen atoms in total. The van der Waals surface area contributed by atoms with E-state index in [0.29, 0.717) is 6.54 Å². The predicted octanol–water partition coefficient (Wildman–Crippen LogP) is 2.42. The van der Waals surface area contributed by atoms with E-state index in [1.807, 2.05) is 12.1 Å². The maximum Gasteiger partial charge on any atom is 0.152 e. The zero-order valence-electron chi connectivity index (χ0n) is 11.8. The van der Waals surface area contributed by atoms with Gasteiger partial charge in [-0.1, -0.05) is 6.07 Å². The van der Waals surface area contributed by atoms with Crippen molar-refractivity contribution in [3.8, 4) is 0 Å². The zero-order valence-corrected chi connectivity index (χ0v) is 11.8. The first-order valence-corrected chi connectivity index (χ1v) is 7.76. The van der Waals surface area contributed by atoms with Crippen LogP contribution in [0.15, 0.2) is 24.4 Å². The molecule has 2 aliphatic rings. The summed E-state index contributed by atoms with van der Waals surface area (Å²) in [5.74, 6) is 2.88. The molecule has 0 aromatic carbocycles. The van der Waals surface area contributed by atoms with E-state index in [9.17, 15) is 0 Å². The molecule has 0 spiro atoms. The third-order valence-corrected chi connectivity index (χ3v) is 4.45. The van der Waals surface area contributed by atoms with Crippen LogP contribution in [0.25, 0.3) is 5.65 Å². The predicted molar refractivity (Wildman–Crippen MR) is 80.7 cm³/mol. The first-order valence-electron chi connectivity index (χ1n) is 7.76. The lowest BCUT2D eigenvalue weighted by Gasteiger charge is -2.23. The van der Waals surface area contributed by atoms with E-state index in [4.69, 9.17) is 10.7 Å². The minimum Gasteiger partial charge on any atom is -0.354 e. The molecule has 0 bridgehead atoms. The van der Waals surface area contributed by atoms with Crippen LogP contribution in [-0.4, -0.2) is 22.5 Å². The second kappa shape index (κ2) is 4.77. The molecule has 0 amide bonds. The van der Waals surface area contributed by atoms with Crippen LogP contribution in [0.5, 0.6) is 0 Å². The summed E-state index contributed by atoms with van der Waals surface area (Å²) >= 11 is 0. The SMILES string of the molecule is NCc1c(N(CC2CC2)CC2CC2)nc2ccccn12. The van der Waals surface area contributed by atoms with E-state index in [-0.39, 0.29) is 0 Å². The number of fused-ring (bicyclic) bond motifs is 1. The summed E-state index contributed by atoms with van der Waals surface area (Å²) in [6, 6.07) is 6.15. The molecule has 0 aliphatic heterocycles. The molecule has 106 valence electrons. The van der Waals surface area contributed by atoms with E-state index in [1.54, 1.807) is 0 Å². The fourth-order valence-corrected chi connectivity index (χ4v) is 2.95. The van der Waals surface area contributed by atoms with E-state index in [1.165, 1.54) is 25.7 Å². The Labute approximate surface area is 119 Å². The van der Waals surface area contributed by atoms with E-state index < -0.39 is 0 Å². The molecule has 0 atom stereocenters. The number of hydrogen-bond acceptors (Lipinski definition) is 3. The fraction of sp³-hybridized carbons (Fsp3) is 0.562. The number of anilines is 1. The van der Waals surface area contributed by atoms with Gasteiger partial charge in [-0.15, -0.1) is 0 Å². The molecule has 2 aromatic rings. The van der Waals surface area contributed by atoms with E-state index in [0.717, 1.165) is 42.1 Å². The zero-order chi connectivity index (χ0) is 13.5. The molecule has 0 radical (unpaired) electrons. The Morgan fingerprint density at radius 1 is 1.15 bits per heavy atom. The quantitative estimate of drug-likeness (QED) is 0.877. The average Bonchev–Trinajstić information content (AvgIpc) is 3.38. The van der Waals surface area contributed by atoms with Crippen molar-refractivity contribution in [2.75, 3.05) is 18.0 Å². The molecule has 2 saturated carbocycles. The van der Waals surface area contributed by atoms with Crippen molar-refractivity contribution >= 4 is 11.5 Å². The largest absolute Gasteiger partial charge is 0.354 e. The van der Waals surface area contributed by atoms with Gasteiger partial charge in [-0.2, -0.15) is 0 Å². The van der Waals surface area contributed by atoms with Crippen molar-refractivity contribution in [2.24, 2.45) is 17.6 Å². The summed E-state index contributed by atoms with van der Waals surface area (Å²) in [5, 5.41) is 0. The first-order chi connectivity index (χ1) is 9.85. The Morgan fingerprint density at radius 3 is 2.45 bits per heavy atom. The molecule has 2 N–H and O–H groups in total. The number of nitrogens with zero attached hydrogens (tertiary/aromatic N) is 3. The highest BCUT2D eigenvalue weighted by atomic mass is 15.2. The number of pyridine rings is 1. The Balaban J connectivity index is 1.72. The van der Waals surface area contributed by atoms with Gasteiger partial charge < -0.3 is 15.0 Å². The highest BCUT2D eigenvalue weighted by Crippen LogP contribution is 2.36. The van der Waals surface area contributed by atoms with Crippen LogP contribution in [0.1, 0.15) is 31.4 Å². The van der Waals surface area contributed by atoms with Crippen molar-refractivity contribution in [1.82, 2.24) is 9.38 Å². The average molecular weight is 270 g/mol. The Morgan fingerprint density at radius 2 is 1.85 bits per heavy atom. The summed E-state index contributed by atoms with van der Waals surface area (Å²) in [6.07, 6.45) is 7.60. The second-order valence-corrected chi connectivity index (χ2v) is 6.31. The second-order valence-electron chi connectivity index (χ2n) is 6.31. The smallest absolute Gasteiger partial charge is 0.152 e. The van der Waals surface area contributed by atoms with Crippen LogP contribution >= 0.6 is 0 Å². The van der Waals surface area contributed by atoms with Crippen molar-refractivity contribution in [3.05, 3.63) is 30.1 Å². The van der Waals surface area contributed by atoms with Crippen LogP contribution in [0.4, 0.5) is 5.82 Å². The van der Waals surface area contributed by atoms with Gasteiger partial charge in [0.05, 0.1) is 5.69 Å². The Bertz CT molecular complexity index is 596. The highest BCUT2D eigenvalue weighted by Gasteiger charge is 2.31. The highest BCUT2D eigenvalue weighted by molar-refractivity contribution is 5.56. The van der Waals surface area contributed by atoms with Crippen LogP contribution in [0, 0.1) is 11.8 Å². The summed E-state index contributed by atoms with van der Waals surface area (Å²) in [7, 11) is 0. The summed E-state index contributed by atoms with van der Waals surface area (Å²) < 4.78 is 2.14. The van der Waals surface area contributed by atoms with Crippen molar-refractivity contribution < 1.29 is 0 Å². The number of rotatable bonds is 6. The molecule has 4 heteroatoms. The van der Waals surface area contributed by atoms with E-state index in [2.05, 4.69) is 21.6 Å². The molecule has 2 aromatic heterocycles. The normalized spacial score (nSPS) is 18.6.